The molecule has 0 spiro atoms. The number of esters is 3. The lowest BCUT2D eigenvalue weighted by molar-refractivity contribution is -0.167. The van der Waals surface area contributed by atoms with Gasteiger partial charge >= 0.3 is 17.9 Å². The highest BCUT2D eigenvalue weighted by atomic mass is 16.6. The van der Waals surface area contributed by atoms with Gasteiger partial charge in [-0.2, -0.15) is 0 Å². The fraction of sp³-hybridized carbons (Fsp3) is 0.928. The number of allylic oxidation sites excluding steroid dienone is 2. The molecule has 0 aromatic heterocycles. The SMILES string of the molecule is CCCCCCCC/C=C\CCCCCCCCCCCC(=O)OC(COC(=O)CCCCCCCCCCCCC)COC(=O)CCCCCCCCCCCCCCCCCCCCCCCCCCCCC. The molecule has 0 bridgehead atoms. The van der Waals surface area contributed by atoms with Crippen LogP contribution in [0.2, 0.25) is 0 Å². The smallest absolute Gasteiger partial charge is 0.306 e. The van der Waals surface area contributed by atoms with E-state index in [0.29, 0.717) is 19.3 Å². The lowest BCUT2D eigenvalue weighted by Crippen LogP contribution is -2.30. The van der Waals surface area contributed by atoms with Crippen LogP contribution in [-0.2, 0) is 28.6 Å². The third kappa shape index (κ3) is 62.9. The summed E-state index contributed by atoms with van der Waals surface area (Å²) in [5.74, 6) is -0.836. The second kappa shape index (κ2) is 64.7. The average molecular weight is 1060 g/mol. The van der Waals surface area contributed by atoms with Gasteiger partial charge in [-0.15, -0.1) is 0 Å². The van der Waals surface area contributed by atoms with Crippen molar-refractivity contribution in [1.29, 1.82) is 0 Å². The van der Waals surface area contributed by atoms with Gasteiger partial charge in [0.05, 0.1) is 0 Å². The van der Waals surface area contributed by atoms with E-state index in [9.17, 15) is 14.4 Å². The first-order valence-corrected chi connectivity index (χ1v) is 34.2. The summed E-state index contributed by atoms with van der Waals surface area (Å²) in [6.45, 7) is 6.71. The number of carbonyl (C=O) groups excluding carboxylic acids is 3. The topological polar surface area (TPSA) is 78.9 Å². The van der Waals surface area contributed by atoms with Crippen molar-refractivity contribution in [1.82, 2.24) is 0 Å². The van der Waals surface area contributed by atoms with E-state index in [2.05, 4.69) is 32.9 Å². The average Bonchev–Trinajstić information content (AvgIpc) is 3.41. The maximum absolute atomic E-state index is 12.9. The summed E-state index contributed by atoms with van der Waals surface area (Å²) in [7, 11) is 0. The van der Waals surface area contributed by atoms with Crippen LogP contribution in [0.1, 0.15) is 393 Å². The predicted molar refractivity (Wildman–Crippen MR) is 326 cm³/mol. The predicted octanol–water partition coefficient (Wildman–Crippen LogP) is 23.2. The molecule has 1 atom stereocenters. The highest BCUT2D eigenvalue weighted by Crippen LogP contribution is 2.19. The molecule has 0 aromatic rings. The highest BCUT2D eigenvalue weighted by Gasteiger charge is 2.19. The number of hydrogen-bond donors (Lipinski definition) is 0. The van der Waals surface area contributed by atoms with Gasteiger partial charge < -0.3 is 14.2 Å². The minimum absolute atomic E-state index is 0.0642. The Kier molecular flexibility index (Phi) is 63.1. The summed E-state index contributed by atoms with van der Waals surface area (Å²) in [6, 6.07) is 0. The molecule has 0 heterocycles. The minimum atomic E-state index is -0.766. The maximum Gasteiger partial charge on any atom is 0.306 e. The Morgan fingerprint density at radius 2 is 0.440 bits per heavy atom. The summed E-state index contributed by atoms with van der Waals surface area (Å²) in [4.78, 5) is 38.3. The fourth-order valence-electron chi connectivity index (χ4n) is 10.6. The number of rotatable bonds is 64. The van der Waals surface area contributed by atoms with Crippen molar-refractivity contribution in [3.05, 3.63) is 12.2 Å². The lowest BCUT2D eigenvalue weighted by Gasteiger charge is -2.18. The van der Waals surface area contributed by atoms with Gasteiger partial charge in [-0.25, -0.2) is 0 Å². The molecule has 0 aliphatic rings. The van der Waals surface area contributed by atoms with Crippen LogP contribution in [0.4, 0.5) is 0 Å². The number of unbranched alkanes of at least 4 members (excludes halogenated alkanes) is 51. The molecule has 0 N–H and O–H groups in total. The number of hydrogen-bond acceptors (Lipinski definition) is 6. The minimum Gasteiger partial charge on any atom is -0.462 e. The summed E-state index contributed by atoms with van der Waals surface area (Å²) in [5, 5.41) is 0. The zero-order chi connectivity index (χ0) is 54.3. The maximum atomic E-state index is 12.9. The van der Waals surface area contributed by atoms with Crippen molar-refractivity contribution in [3.63, 3.8) is 0 Å². The molecule has 0 amide bonds. The molecule has 0 radical (unpaired) electrons. The van der Waals surface area contributed by atoms with Gasteiger partial charge in [0.25, 0.3) is 0 Å². The van der Waals surface area contributed by atoms with Crippen LogP contribution in [0, 0.1) is 0 Å². The molecule has 6 nitrogen and oxygen atoms in total. The van der Waals surface area contributed by atoms with Gasteiger partial charge in [0.15, 0.2) is 6.10 Å². The van der Waals surface area contributed by atoms with Crippen molar-refractivity contribution in [2.75, 3.05) is 13.2 Å². The van der Waals surface area contributed by atoms with Crippen LogP contribution >= 0.6 is 0 Å². The number of ether oxygens (including phenoxy) is 3. The van der Waals surface area contributed by atoms with E-state index in [0.717, 1.165) is 57.8 Å². The van der Waals surface area contributed by atoms with Crippen LogP contribution < -0.4 is 0 Å². The Labute approximate surface area is 469 Å². The van der Waals surface area contributed by atoms with E-state index in [1.54, 1.807) is 0 Å². The van der Waals surface area contributed by atoms with Gasteiger partial charge in [-0.3, -0.25) is 14.4 Å². The monoisotopic (exact) mass is 1060 g/mol. The zero-order valence-electron chi connectivity index (χ0n) is 51.1. The second-order valence-corrected chi connectivity index (χ2v) is 23.5. The molecule has 0 aliphatic carbocycles. The van der Waals surface area contributed by atoms with E-state index >= 15 is 0 Å². The highest BCUT2D eigenvalue weighted by molar-refractivity contribution is 5.71. The van der Waals surface area contributed by atoms with E-state index in [1.807, 2.05) is 0 Å². The molecule has 0 aromatic carbocycles. The Hall–Kier alpha value is -1.85. The first-order chi connectivity index (χ1) is 37.0. The van der Waals surface area contributed by atoms with E-state index in [4.69, 9.17) is 14.2 Å². The van der Waals surface area contributed by atoms with Crippen LogP contribution in [0.15, 0.2) is 12.2 Å². The molecule has 0 rings (SSSR count). The summed E-state index contributed by atoms with van der Waals surface area (Å²) in [6.07, 6.45) is 76.7. The van der Waals surface area contributed by atoms with Crippen molar-refractivity contribution >= 4 is 17.9 Å². The molecule has 0 aliphatic heterocycles. The standard InChI is InChI=1S/C69H132O6/c1-4-7-10-13-16-19-22-24-26-28-30-31-32-33-34-35-36-37-39-40-42-44-47-50-53-56-59-62-68(71)74-65-66(64-73-67(70)61-58-55-52-49-46-21-18-15-12-9-6-3)75-69(72)63-60-57-54-51-48-45-43-41-38-29-27-25-23-20-17-14-11-8-5-2/h25,27,66H,4-24,26,28-65H2,1-3H3/b27-25-. The molecule has 0 saturated heterocycles. The van der Waals surface area contributed by atoms with Crippen molar-refractivity contribution in [3.8, 4) is 0 Å². The van der Waals surface area contributed by atoms with E-state index in [-0.39, 0.29) is 31.1 Å². The first-order valence-electron chi connectivity index (χ1n) is 34.2. The quantitative estimate of drug-likeness (QED) is 0.0261. The van der Waals surface area contributed by atoms with Crippen LogP contribution in [0.3, 0.4) is 0 Å². The van der Waals surface area contributed by atoms with Gasteiger partial charge in [-0.1, -0.05) is 341 Å². The Morgan fingerprint density at radius 1 is 0.253 bits per heavy atom. The molecule has 1 unspecified atom stereocenters. The van der Waals surface area contributed by atoms with Crippen LogP contribution in [-0.4, -0.2) is 37.2 Å². The molecular weight excluding hydrogens is 925 g/mol. The Morgan fingerprint density at radius 3 is 0.667 bits per heavy atom. The molecule has 6 heteroatoms. The largest absolute Gasteiger partial charge is 0.462 e. The van der Waals surface area contributed by atoms with E-state index < -0.39 is 6.10 Å². The second-order valence-electron chi connectivity index (χ2n) is 23.5. The molecular formula is C69H132O6. The van der Waals surface area contributed by atoms with Crippen molar-refractivity contribution in [2.24, 2.45) is 0 Å². The summed E-state index contributed by atoms with van der Waals surface area (Å²) in [5.41, 5.74) is 0. The van der Waals surface area contributed by atoms with Crippen molar-refractivity contribution in [2.45, 2.75) is 399 Å². The Balaban J connectivity index is 4.14. The summed E-state index contributed by atoms with van der Waals surface area (Å²) >= 11 is 0. The summed E-state index contributed by atoms with van der Waals surface area (Å²) < 4.78 is 17.0. The Bertz CT molecular complexity index is 1170. The van der Waals surface area contributed by atoms with Gasteiger partial charge in [0.1, 0.15) is 13.2 Å². The normalized spacial score (nSPS) is 12.0. The van der Waals surface area contributed by atoms with Gasteiger partial charge in [-0.05, 0) is 44.9 Å². The molecule has 0 fully saturated rings. The molecule has 75 heavy (non-hydrogen) atoms. The van der Waals surface area contributed by atoms with Gasteiger partial charge in [0, 0.05) is 19.3 Å². The lowest BCUT2D eigenvalue weighted by atomic mass is 10.0. The van der Waals surface area contributed by atoms with Crippen LogP contribution in [0.25, 0.3) is 0 Å². The molecule has 444 valence electrons. The van der Waals surface area contributed by atoms with Gasteiger partial charge in [0.2, 0.25) is 0 Å². The van der Waals surface area contributed by atoms with E-state index in [1.165, 1.54) is 295 Å². The third-order valence-corrected chi connectivity index (χ3v) is 15.8. The third-order valence-electron chi connectivity index (χ3n) is 15.8. The fourth-order valence-corrected chi connectivity index (χ4v) is 10.6. The van der Waals surface area contributed by atoms with Crippen molar-refractivity contribution < 1.29 is 28.6 Å². The zero-order valence-corrected chi connectivity index (χ0v) is 51.1. The first kappa shape index (κ1) is 73.2. The number of carbonyl (C=O) groups is 3. The molecule has 0 saturated carbocycles. The van der Waals surface area contributed by atoms with Crippen LogP contribution in [0.5, 0.6) is 0 Å².